The fourth-order valence-electron chi connectivity index (χ4n) is 2.03. The second kappa shape index (κ2) is 6.45. The van der Waals surface area contributed by atoms with Gasteiger partial charge in [-0.3, -0.25) is 4.79 Å². The zero-order chi connectivity index (χ0) is 13.0. The molecule has 1 aliphatic rings. The first-order valence-electron chi connectivity index (χ1n) is 6.05. The Labute approximate surface area is 117 Å². The number of benzene rings is 1. The van der Waals surface area contributed by atoms with Crippen molar-refractivity contribution >= 4 is 29.3 Å². The van der Waals surface area contributed by atoms with Gasteiger partial charge < -0.3 is 10.6 Å². The number of halogens is 1. The zero-order valence-electron chi connectivity index (χ0n) is 10.1. The van der Waals surface area contributed by atoms with Gasteiger partial charge in [-0.25, -0.2) is 0 Å². The molecule has 98 valence electrons. The zero-order valence-corrected chi connectivity index (χ0v) is 11.7. The lowest BCUT2D eigenvalue weighted by Gasteiger charge is -2.15. The highest BCUT2D eigenvalue weighted by Crippen LogP contribution is 2.22. The Bertz CT molecular complexity index is 410. The number of nitrogens with two attached hydrogens (primary N) is 1. The molecule has 2 N–H and O–H groups in total. The van der Waals surface area contributed by atoms with Crippen molar-refractivity contribution in [1.82, 2.24) is 4.90 Å². The first kappa shape index (κ1) is 13.7. The molecule has 0 bridgehead atoms. The maximum atomic E-state index is 11.7. The first-order valence-corrected chi connectivity index (χ1v) is 7.41. The number of thioether (sulfide) groups is 1. The van der Waals surface area contributed by atoms with E-state index in [1.54, 1.807) is 11.8 Å². The number of hydrogen-bond acceptors (Lipinski definition) is 3. The summed E-state index contributed by atoms with van der Waals surface area (Å²) in [5.74, 6) is 1.49. The quantitative estimate of drug-likeness (QED) is 0.844. The van der Waals surface area contributed by atoms with Crippen molar-refractivity contribution < 1.29 is 4.79 Å². The Kier molecular flexibility index (Phi) is 4.92. The standard InChI is InChI=1S/C13H17ClN2OS/c14-11-1-3-12(4-2-11)18-6-5-16-9-10(8-15)7-13(16)17/h1-4,10H,5-9,15H2. The summed E-state index contributed by atoms with van der Waals surface area (Å²) in [7, 11) is 0. The summed E-state index contributed by atoms with van der Waals surface area (Å²) in [6.45, 7) is 2.21. The molecule has 18 heavy (non-hydrogen) atoms. The molecule has 0 aromatic heterocycles. The molecule has 1 heterocycles. The highest BCUT2D eigenvalue weighted by molar-refractivity contribution is 7.99. The molecule has 1 aromatic rings. The number of nitrogens with zero attached hydrogens (tertiary/aromatic N) is 1. The van der Waals surface area contributed by atoms with Crippen molar-refractivity contribution in [2.24, 2.45) is 11.7 Å². The predicted octanol–water partition coefficient (Wildman–Crippen LogP) is 2.24. The molecule has 0 saturated carbocycles. The summed E-state index contributed by atoms with van der Waals surface area (Å²) >= 11 is 7.57. The molecule has 3 nitrogen and oxygen atoms in total. The summed E-state index contributed by atoms with van der Waals surface area (Å²) in [5, 5.41) is 0.750. The van der Waals surface area contributed by atoms with Crippen molar-refractivity contribution in [2.45, 2.75) is 11.3 Å². The van der Waals surface area contributed by atoms with Crippen molar-refractivity contribution in [3.8, 4) is 0 Å². The number of carbonyl (C=O) groups is 1. The molecule has 5 heteroatoms. The minimum absolute atomic E-state index is 0.238. The average molecular weight is 285 g/mol. The largest absolute Gasteiger partial charge is 0.342 e. The fraction of sp³-hybridized carbons (Fsp3) is 0.462. The molecule has 0 radical (unpaired) electrons. The Morgan fingerprint density at radius 3 is 2.72 bits per heavy atom. The maximum absolute atomic E-state index is 11.7. The number of likely N-dealkylation sites (tertiary alicyclic amines) is 1. The van der Waals surface area contributed by atoms with E-state index in [9.17, 15) is 4.79 Å². The van der Waals surface area contributed by atoms with Gasteiger partial charge >= 0.3 is 0 Å². The fourth-order valence-corrected chi connectivity index (χ4v) is 3.03. The smallest absolute Gasteiger partial charge is 0.223 e. The van der Waals surface area contributed by atoms with Gasteiger partial charge in [0.2, 0.25) is 5.91 Å². The lowest BCUT2D eigenvalue weighted by Crippen LogP contribution is -2.28. The first-order chi connectivity index (χ1) is 8.69. The van der Waals surface area contributed by atoms with Crippen LogP contribution in [-0.2, 0) is 4.79 Å². The highest BCUT2D eigenvalue weighted by Gasteiger charge is 2.27. The van der Waals surface area contributed by atoms with Crippen LogP contribution in [0.25, 0.3) is 0 Å². The number of hydrogen-bond donors (Lipinski definition) is 1. The van der Waals surface area contributed by atoms with Gasteiger partial charge in [-0.2, -0.15) is 0 Å². The lowest BCUT2D eigenvalue weighted by atomic mass is 10.1. The van der Waals surface area contributed by atoms with E-state index in [-0.39, 0.29) is 5.91 Å². The van der Waals surface area contributed by atoms with Gasteiger partial charge in [-0.05, 0) is 36.7 Å². The van der Waals surface area contributed by atoms with E-state index >= 15 is 0 Å². The molecular weight excluding hydrogens is 268 g/mol. The summed E-state index contributed by atoms with van der Waals surface area (Å²) in [6.07, 6.45) is 0.613. The molecular formula is C13H17ClN2OS. The van der Waals surface area contributed by atoms with Gasteiger partial charge in [0.1, 0.15) is 0 Å². The third-order valence-corrected chi connectivity index (χ3v) is 4.32. The molecule has 1 amide bonds. The molecule has 1 fully saturated rings. The molecule has 2 rings (SSSR count). The van der Waals surface area contributed by atoms with E-state index in [1.165, 1.54) is 4.90 Å². The molecule has 0 aliphatic carbocycles. The van der Waals surface area contributed by atoms with Crippen LogP contribution >= 0.6 is 23.4 Å². The van der Waals surface area contributed by atoms with Crippen molar-refractivity contribution in [2.75, 3.05) is 25.4 Å². The SMILES string of the molecule is NCC1CC(=O)N(CCSc2ccc(Cl)cc2)C1. The average Bonchev–Trinajstić information content (AvgIpc) is 2.73. The van der Waals surface area contributed by atoms with Crippen LogP contribution in [0.1, 0.15) is 6.42 Å². The molecule has 1 aromatic carbocycles. The number of carbonyl (C=O) groups excluding carboxylic acids is 1. The highest BCUT2D eigenvalue weighted by atomic mass is 35.5. The second-order valence-electron chi connectivity index (χ2n) is 4.45. The lowest BCUT2D eigenvalue weighted by molar-refractivity contribution is -0.127. The third-order valence-electron chi connectivity index (χ3n) is 3.07. The summed E-state index contributed by atoms with van der Waals surface area (Å²) in [6, 6.07) is 7.77. The van der Waals surface area contributed by atoms with Gasteiger partial charge in [0.05, 0.1) is 0 Å². The van der Waals surface area contributed by atoms with Crippen LogP contribution < -0.4 is 5.73 Å². The van der Waals surface area contributed by atoms with E-state index in [0.29, 0.717) is 18.9 Å². The van der Waals surface area contributed by atoms with Crippen molar-refractivity contribution in [3.05, 3.63) is 29.3 Å². The van der Waals surface area contributed by atoms with Gasteiger partial charge in [0.25, 0.3) is 0 Å². The maximum Gasteiger partial charge on any atom is 0.223 e. The van der Waals surface area contributed by atoms with E-state index in [1.807, 2.05) is 29.2 Å². The van der Waals surface area contributed by atoms with Crippen LogP contribution in [0, 0.1) is 5.92 Å². The van der Waals surface area contributed by atoms with Gasteiger partial charge in [-0.1, -0.05) is 11.6 Å². The van der Waals surface area contributed by atoms with E-state index < -0.39 is 0 Å². The Hall–Kier alpha value is -0.710. The predicted molar refractivity (Wildman–Crippen MR) is 75.9 cm³/mol. The summed E-state index contributed by atoms with van der Waals surface area (Å²) in [4.78, 5) is 14.8. The van der Waals surface area contributed by atoms with E-state index in [2.05, 4.69) is 0 Å². The number of rotatable bonds is 5. The molecule has 1 saturated heterocycles. The van der Waals surface area contributed by atoms with Crippen LogP contribution in [-0.4, -0.2) is 36.2 Å². The van der Waals surface area contributed by atoms with E-state index in [0.717, 1.165) is 23.9 Å². The Morgan fingerprint density at radius 1 is 1.39 bits per heavy atom. The number of amides is 1. The normalized spacial score (nSPS) is 19.6. The van der Waals surface area contributed by atoms with Gasteiger partial charge in [-0.15, -0.1) is 11.8 Å². The molecule has 1 atom stereocenters. The van der Waals surface area contributed by atoms with Gasteiger partial charge in [0.15, 0.2) is 0 Å². The summed E-state index contributed by atoms with van der Waals surface area (Å²) in [5.41, 5.74) is 5.60. The van der Waals surface area contributed by atoms with Crippen molar-refractivity contribution in [3.63, 3.8) is 0 Å². The monoisotopic (exact) mass is 284 g/mol. The van der Waals surface area contributed by atoms with E-state index in [4.69, 9.17) is 17.3 Å². The molecule has 1 aliphatic heterocycles. The Balaban J connectivity index is 1.75. The van der Waals surface area contributed by atoms with Crippen LogP contribution in [0.15, 0.2) is 29.2 Å². The third kappa shape index (κ3) is 3.64. The molecule has 0 spiro atoms. The van der Waals surface area contributed by atoms with Gasteiger partial charge in [0, 0.05) is 35.2 Å². The van der Waals surface area contributed by atoms with Crippen LogP contribution in [0.2, 0.25) is 5.02 Å². The van der Waals surface area contributed by atoms with Crippen LogP contribution in [0.4, 0.5) is 0 Å². The minimum atomic E-state index is 0.238. The minimum Gasteiger partial charge on any atom is -0.342 e. The topological polar surface area (TPSA) is 46.3 Å². The summed E-state index contributed by atoms with van der Waals surface area (Å²) < 4.78 is 0. The van der Waals surface area contributed by atoms with Crippen LogP contribution in [0.5, 0.6) is 0 Å². The van der Waals surface area contributed by atoms with Crippen molar-refractivity contribution in [1.29, 1.82) is 0 Å². The second-order valence-corrected chi connectivity index (χ2v) is 6.05. The molecule has 1 unspecified atom stereocenters. The Morgan fingerprint density at radius 2 is 2.11 bits per heavy atom. The van der Waals surface area contributed by atoms with Crippen LogP contribution in [0.3, 0.4) is 0 Å².